The van der Waals surface area contributed by atoms with Crippen LogP contribution in [0, 0.1) is 11.3 Å². The molecule has 0 saturated heterocycles. The van der Waals surface area contributed by atoms with Crippen molar-refractivity contribution in [3.05, 3.63) is 28.8 Å². The Morgan fingerprint density at radius 2 is 2.17 bits per heavy atom. The molecule has 1 rings (SSSR count). The molecule has 5 nitrogen and oxygen atoms in total. The molecule has 0 unspecified atom stereocenters. The number of hydrogen-bond donors (Lipinski definition) is 1. The van der Waals surface area contributed by atoms with E-state index in [0.29, 0.717) is 13.1 Å². The minimum Gasteiger partial charge on any atom is -0.318 e. The summed E-state index contributed by atoms with van der Waals surface area (Å²) in [6, 6.07) is 6.05. The predicted octanol–water partition coefficient (Wildman–Crippen LogP) is 1.05. The lowest BCUT2D eigenvalue weighted by Gasteiger charge is -2.17. The molecule has 0 bridgehead atoms. The van der Waals surface area contributed by atoms with Gasteiger partial charge in [0, 0.05) is 25.2 Å². The molecule has 18 heavy (non-hydrogen) atoms. The molecule has 0 amide bonds. The molecule has 0 spiro atoms. The maximum absolute atomic E-state index is 12.3. The number of nitrogens with zero attached hydrogens (tertiary/aromatic N) is 2. The van der Waals surface area contributed by atoms with Gasteiger partial charge in [0.2, 0.25) is 10.0 Å². The maximum atomic E-state index is 12.3. The van der Waals surface area contributed by atoms with Gasteiger partial charge in [0.15, 0.2) is 0 Å². The first-order chi connectivity index (χ1) is 8.43. The zero-order chi connectivity index (χ0) is 13.8. The molecule has 1 aromatic rings. The molecule has 0 saturated carbocycles. The molecule has 0 atom stereocenters. The van der Waals surface area contributed by atoms with Crippen LogP contribution in [0.3, 0.4) is 0 Å². The van der Waals surface area contributed by atoms with E-state index in [0.717, 1.165) is 0 Å². The Morgan fingerprint density at radius 1 is 1.50 bits per heavy atom. The van der Waals surface area contributed by atoms with Crippen LogP contribution >= 0.6 is 11.6 Å². The van der Waals surface area contributed by atoms with E-state index in [9.17, 15) is 8.42 Å². The highest BCUT2D eigenvalue weighted by molar-refractivity contribution is 7.89. The topological polar surface area (TPSA) is 73.2 Å². The van der Waals surface area contributed by atoms with Crippen LogP contribution in [0.4, 0.5) is 0 Å². The summed E-state index contributed by atoms with van der Waals surface area (Å²) in [4.78, 5) is -0.0592. The zero-order valence-corrected chi connectivity index (χ0v) is 11.7. The number of likely N-dealkylation sites (N-methyl/N-ethyl adjacent to an activating group) is 2. The predicted molar refractivity (Wildman–Crippen MR) is 69.9 cm³/mol. The Bertz CT molecular complexity index is 566. The van der Waals surface area contributed by atoms with Gasteiger partial charge in [-0.2, -0.15) is 9.57 Å². The molecule has 0 aromatic heterocycles. The molecule has 0 aliphatic heterocycles. The van der Waals surface area contributed by atoms with Gasteiger partial charge in [0.05, 0.1) is 5.56 Å². The molecule has 7 heteroatoms. The monoisotopic (exact) mass is 287 g/mol. The summed E-state index contributed by atoms with van der Waals surface area (Å²) in [7, 11) is -0.486. The second-order valence-electron chi connectivity index (χ2n) is 3.68. The highest BCUT2D eigenvalue weighted by atomic mass is 35.5. The van der Waals surface area contributed by atoms with Crippen molar-refractivity contribution in [2.45, 2.75) is 4.90 Å². The van der Waals surface area contributed by atoms with Gasteiger partial charge >= 0.3 is 0 Å². The molecule has 0 radical (unpaired) electrons. The van der Waals surface area contributed by atoms with Crippen LogP contribution in [0.5, 0.6) is 0 Å². The van der Waals surface area contributed by atoms with E-state index < -0.39 is 10.0 Å². The largest absolute Gasteiger partial charge is 0.318 e. The molecule has 1 aromatic carbocycles. The first-order valence-corrected chi connectivity index (χ1v) is 7.06. The first-order valence-electron chi connectivity index (χ1n) is 5.24. The molecule has 0 aliphatic rings. The van der Waals surface area contributed by atoms with Crippen molar-refractivity contribution >= 4 is 21.6 Å². The van der Waals surface area contributed by atoms with Crippen molar-refractivity contribution in [2.24, 2.45) is 0 Å². The fraction of sp³-hybridized carbons (Fsp3) is 0.364. The molecule has 0 aliphatic carbocycles. The van der Waals surface area contributed by atoms with Crippen LogP contribution in [-0.4, -0.2) is 39.9 Å². The summed E-state index contributed by atoms with van der Waals surface area (Å²) < 4.78 is 25.7. The number of rotatable bonds is 5. The standard InChI is InChI=1S/C11H14ClN3O2S/c1-14-5-6-15(2)18(16,17)11-7-10(12)4-3-9(11)8-13/h3-4,7,14H,5-6H2,1-2H3. The summed E-state index contributed by atoms with van der Waals surface area (Å²) >= 11 is 5.78. The van der Waals surface area contributed by atoms with Crippen LogP contribution < -0.4 is 5.32 Å². The SMILES string of the molecule is CNCCN(C)S(=O)(=O)c1cc(Cl)ccc1C#N. The van der Waals surface area contributed by atoms with Crippen LogP contribution in [0.25, 0.3) is 0 Å². The highest BCUT2D eigenvalue weighted by Crippen LogP contribution is 2.22. The number of benzene rings is 1. The molecule has 1 N–H and O–H groups in total. The van der Waals surface area contributed by atoms with Crippen LogP contribution in [0.2, 0.25) is 5.02 Å². The quantitative estimate of drug-likeness (QED) is 0.878. The fourth-order valence-electron chi connectivity index (χ4n) is 1.36. The van der Waals surface area contributed by atoms with Crippen molar-refractivity contribution in [1.29, 1.82) is 5.26 Å². The summed E-state index contributed by atoms with van der Waals surface area (Å²) in [6.45, 7) is 0.842. The molecular formula is C11H14ClN3O2S. The Balaban J connectivity index is 3.20. The van der Waals surface area contributed by atoms with E-state index in [-0.39, 0.29) is 15.5 Å². The van der Waals surface area contributed by atoms with Crippen LogP contribution in [0.1, 0.15) is 5.56 Å². The van der Waals surface area contributed by atoms with Crippen molar-refractivity contribution in [3.8, 4) is 6.07 Å². The normalized spacial score (nSPS) is 11.5. The first kappa shape index (κ1) is 14.9. The van der Waals surface area contributed by atoms with E-state index >= 15 is 0 Å². The molecular weight excluding hydrogens is 274 g/mol. The van der Waals surface area contributed by atoms with Gasteiger partial charge in [0.25, 0.3) is 0 Å². The van der Waals surface area contributed by atoms with Crippen molar-refractivity contribution < 1.29 is 8.42 Å². The number of hydrogen-bond acceptors (Lipinski definition) is 4. The Kier molecular flexibility index (Phi) is 5.11. The average Bonchev–Trinajstić information content (AvgIpc) is 2.35. The number of halogens is 1. The minimum absolute atomic E-state index is 0.0592. The third-order valence-electron chi connectivity index (χ3n) is 2.43. The van der Waals surface area contributed by atoms with Crippen molar-refractivity contribution in [2.75, 3.05) is 27.2 Å². The average molecular weight is 288 g/mol. The lowest BCUT2D eigenvalue weighted by molar-refractivity contribution is 0.466. The maximum Gasteiger partial charge on any atom is 0.244 e. The summed E-state index contributed by atoms with van der Waals surface area (Å²) in [5, 5.41) is 12.1. The van der Waals surface area contributed by atoms with E-state index in [1.165, 1.54) is 29.6 Å². The van der Waals surface area contributed by atoms with E-state index in [4.69, 9.17) is 16.9 Å². The molecule has 0 fully saturated rings. The van der Waals surface area contributed by atoms with Gasteiger partial charge in [-0.15, -0.1) is 0 Å². The van der Waals surface area contributed by atoms with Crippen molar-refractivity contribution in [1.82, 2.24) is 9.62 Å². The van der Waals surface area contributed by atoms with Gasteiger partial charge in [-0.1, -0.05) is 11.6 Å². The molecule has 0 heterocycles. The van der Waals surface area contributed by atoms with Gasteiger partial charge in [0.1, 0.15) is 11.0 Å². The van der Waals surface area contributed by atoms with Gasteiger partial charge in [-0.25, -0.2) is 8.42 Å². The van der Waals surface area contributed by atoms with Gasteiger partial charge in [-0.05, 0) is 25.2 Å². The van der Waals surface area contributed by atoms with Crippen molar-refractivity contribution in [3.63, 3.8) is 0 Å². The van der Waals surface area contributed by atoms with E-state index in [2.05, 4.69) is 5.32 Å². The lowest BCUT2D eigenvalue weighted by atomic mass is 10.2. The van der Waals surface area contributed by atoms with E-state index in [1.54, 1.807) is 7.05 Å². The third kappa shape index (κ3) is 3.21. The fourth-order valence-corrected chi connectivity index (χ4v) is 2.93. The second-order valence-corrected chi connectivity index (χ2v) is 6.13. The number of nitriles is 1. The van der Waals surface area contributed by atoms with Gasteiger partial charge in [-0.3, -0.25) is 0 Å². The highest BCUT2D eigenvalue weighted by Gasteiger charge is 2.23. The Hall–Kier alpha value is -1.13. The second kappa shape index (κ2) is 6.16. The summed E-state index contributed by atoms with van der Waals surface area (Å²) in [6.07, 6.45) is 0. The van der Waals surface area contributed by atoms with E-state index in [1.807, 2.05) is 6.07 Å². The zero-order valence-electron chi connectivity index (χ0n) is 10.1. The van der Waals surface area contributed by atoms with Crippen LogP contribution in [-0.2, 0) is 10.0 Å². The van der Waals surface area contributed by atoms with Gasteiger partial charge < -0.3 is 5.32 Å². The Labute approximate surface area is 112 Å². The lowest BCUT2D eigenvalue weighted by Crippen LogP contribution is -2.33. The number of sulfonamides is 1. The summed E-state index contributed by atoms with van der Waals surface area (Å²) in [5.41, 5.74) is 0.0932. The molecule has 98 valence electrons. The minimum atomic E-state index is -3.69. The van der Waals surface area contributed by atoms with Crippen LogP contribution in [0.15, 0.2) is 23.1 Å². The smallest absolute Gasteiger partial charge is 0.244 e. The Morgan fingerprint density at radius 3 is 2.72 bits per heavy atom. The number of nitrogens with one attached hydrogen (secondary N) is 1. The third-order valence-corrected chi connectivity index (χ3v) is 4.56. The summed E-state index contributed by atoms with van der Waals surface area (Å²) in [5.74, 6) is 0.